The Morgan fingerprint density at radius 2 is 2.10 bits per heavy atom. The summed E-state index contributed by atoms with van der Waals surface area (Å²) in [4.78, 5) is 10.6. The average molecular weight is 275 g/mol. The van der Waals surface area contributed by atoms with Crippen molar-refractivity contribution in [2.24, 2.45) is 0 Å². The molecule has 0 aromatic carbocycles. The Morgan fingerprint density at radius 3 is 2.30 bits per heavy atom. The molecule has 10 heavy (non-hydrogen) atoms. The van der Waals surface area contributed by atoms with Crippen LogP contribution in [0.2, 0.25) is 0 Å². The summed E-state index contributed by atoms with van der Waals surface area (Å²) < 4.78 is 22.7. The van der Waals surface area contributed by atoms with Gasteiger partial charge in [0.2, 0.25) is 0 Å². The molecular formula is C4H6INO3S. The number of halogens is 1. The van der Waals surface area contributed by atoms with Gasteiger partial charge >= 0.3 is 0 Å². The van der Waals surface area contributed by atoms with Gasteiger partial charge in [0.15, 0.2) is 0 Å². The minimum atomic E-state index is -3.15. The van der Waals surface area contributed by atoms with Crippen molar-refractivity contribution in [1.29, 1.82) is 0 Å². The van der Waals surface area contributed by atoms with Crippen molar-refractivity contribution in [2.75, 3.05) is 13.1 Å². The monoisotopic (exact) mass is 275 g/mol. The van der Waals surface area contributed by atoms with Crippen LogP contribution in [0.15, 0.2) is 0 Å². The Balaban J connectivity index is 2.71. The molecule has 0 aromatic heterocycles. The first-order valence-corrected chi connectivity index (χ1v) is 6.70. The third-order valence-corrected chi connectivity index (χ3v) is 3.90. The largest absolute Gasteiger partial charge is 0.298 e. The highest BCUT2D eigenvalue weighted by atomic mass is 127. The van der Waals surface area contributed by atoms with E-state index in [9.17, 15) is 13.2 Å². The van der Waals surface area contributed by atoms with Crippen molar-refractivity contribution < 1.29 is 13.2 Å². The normalized spacial score (nSPS) is 21.9. The smallest absolute Gasteiger partial charge is 0.268 e. The Bertz CT molecular complexity index is 247. The second kappa shape index (κ2) is 2.74. The highest BCUT2D eigenvalue weighted by Gasteiger charge is 2.27. The van der Waals surface area contributed by atoms with Crippen LogP contribution in [0.3, 0.4) is 0 Å². The summed E-state index contributed by atoms with van der Waals surface area (Å²) in [6.45, 7) is 0.412. The zero-order valence-corrected chi connectivity index (χ0v) is 8.05. The van der Waals surface area contributed by atoms with E-state index in [4.69, 9.17) is 0 Å². The van der Waals surface area contributed by atoms with Crippen LogP contribution in [0.4, 0.5) is 0 Å². The molecule has 0 saturated carbocycles. The molecule has 1 aliphatic heterocycles. The van der Waals surface area contributed by atoms with Crippen molar-refractivity contribution in [3.8, 4) is 0 Å². The first-order chi connectivity index (χ1) is 4.50. The molecule has 0 N–H and O–H groups in total. The van der Waals surface area contributed by atoms with Crippen LogP contribution in [-0.4, -0.2) is 31.6 Å². The molecule has 0 bridgehead atoms. The van der Waals surface area contributed by atoms with E-state index in [1.165, 1.54) is 25.5 Å². The number of nitrogens with zero attached hydrogens (tertiary/aromatic N) is 1. The fourth-order valence-corrected chi connectivity index (χ4v) is 2.41. The van der Waals surface area contributed by atoms with Gasteiger partial charge in [0.25, 0.3) is 7.19 Å². The van der Waals surface area contributed by atoms with E-state index < -0.39 is 7.19 Å². The van der Waals surface area contributed by atoms with E-state index in [0.29, 0.717) is 13.0 Å². The fourth-order valence-electron chi connectivity index (χ4n) is 0.790. The number of ketones is 1. The maximum absolute atomic E-state index is 10.7. The van der Waals surface area contributed by atoms with Gasteiger partial charge in [0.1, 0.15) is 5.78 Å². The Hall–Kier alpha value is 0.310. The van der Waals surface area contributed by atoms with Gasteiger partial charge in [-0.25, -0.2) is 8.42 Å². The maximum Gasteiger partial charge on any atom is 0.268 e. The molecule has 6 heteroatoms. The van der Waals surface area contributed by atoms with E-state index in [0.717, 1.165) is 0 Å². The third-order valence-electron chi connectivity index (χ3n) is 1.30. The van der Waals surface area contributed by atoms with Gasteiger partial charge in [0.05, 0.1) is 27.8 Å². The lowest BCUT2D eigenvalue weighted by atomic mass is 10.4. The van der Waals surface area contributed by atoms with Crippen molar-refractivity contribution in [3.05, 3.63) is 0 Å². The van der Waals surface area contributed by atoms with Gasteiger partial charge in [-0.3, -0.25) is 4.79 Å². The van der Waals surface area contributed by atoms with Crippen LogP contribution >= 0.6 is 21.2 Å². The Morgan fingerprint density at radius 1 is 1.50 bits per heavy atom. The molecule has 0 unspecified atom stereocenters. The van der Waals surface area contributed by atoms with E-state index in [-0.39, 0.29) is 12.3 Å². The molecule has 0 spiro atoms. The van der Waals surface area contributed by atoms with Crippen molar-refractivity contribution in [1.82, 2.24) is 4.31 Å². The molecule has 1 saturated heterocycles. The number of hydrogen-bond acceptors (Lipinski definition) is 3. The van der Waals surface area contributed by atoms with Crippen LogP contribution in [0.25, 0.3) is 0 Å². The first kappa shape index (κ1) is 8.41. The summed E-state index contributed by atoms with van der Waals surface area (Å²) >= 11 is 1.33. The second-order valence-corrected chi connectivity index (χ2v) is 6.74. The Labute approximate surface area is 71.2 Å². The molecule has 0 radical (unpaired) electrons. The van der Waals surface area contributed by atoms with Crippen molar-refractivity contribution >= 4 is 34.2 Å². The molecule has 0 aromatic rings. The standard InChI is InChI=1S/C4H6INO3S/c5-10(8,9)6-2-1-4(7)3-6/h1-3H2. The molecule has 1 aliphatic rings. The first-order valence-electron chi connectivity index (χ1n) is 2.71. The van der Waals surface area contributed by atoms with Crippen LogP contribution in [-0.2, 0) is 12.0 Å². The molecule has 1 rings (SSSR count). The predicted octanol–water partition coefficient (Wildman–Crippen LogP) is -0.0590. The summed E-state index contributed by atoms with van der Waals surface area (Å²) in [5.41, 5.74) is 0. The lowest BCUT2D eigenvalue weighted by Crippen LogP contribution is -2.23. The zero-order chi connectivity index (χ0) is 7.78. The van der Waals surface area contributed by atoms with Crippen LogP contribution in [0, 0.1) is 0 Å². The van der Waals surface area contributed by atoms with Gasteiger partial charge in [-0.05, 0) is 0 Å². The minimum absolute atomic E-state index is 0.000223. The van der Waals surface area contributed by atoms with Crippen LogP contribution in [0.1, 0.15) is 6.42 Å². The lowest BCUT2D eigenvalue weighted by molar-refractivity contribution is -0.116. The lowest BCUT2D eigenvalue weighted by Gasteiger charge is -2.06. The zero-order valence-electron chi connectivity index (χ0n) is 5.08. The maximum atomic E-state index is 10.7. The highest BCUT2D eigenvalue weighted by molar-refractivity contribution is 14.2. The van der Waals surface area contributed by atoms with E-state index in [1.54, 1.807) is 0 Å². The molecule has 1 fully saturated rings. The van der Waals surface area contributed by atoms with Crippen molar-refractivity contribution in [3.63, 3.8) is 0 Å². The van der Waals surface area contributed by atoms with Gasteiger partial charge < -0.3 is 0 Å². The Kier molecular flexibility index (Phi) is 2.31. The topological polar surface area (TPSA) is 54.5 Å². The third kappa shape index (κ3) is 1.89. The van der Waals surface area contributed by atoms with Gasteiger partial charge in [-0.1, -0.05) is 0 Å². The van der Waals surface area contributed by atoms with Crippen LogP contribution in [0.5, 0.6) is 0 Å². The summed E-state index contributed by atoms with van der Waals surface area (Å²) in [7, 11) is -3.15. The van der Waals surface area contributed by atoms with Gasteiger partial charge in [0, 0.05) is 13.0 Å². The highest BCUT2D eigenvalue weighted by Crippen LogP contribution is 2.15. The van der Waals surface area contributed by atoms with Gasteiger partial charge in [-0.2, -0.15) is 4.31 Å². The molecule has 4 nitrogen and oxygen atoms in total. The van der Waals surface area contributed by atoms with Crippen LogP contribution < -0.4 is 0 Å². The number of carbonyl (C=O) groups is 1. The molecule has 1 heterocycles. The summed E-state index contributed by atoms with van der Waals surface area (Å²) in [6, 6.07) is 0. The summed E-state index contributed by atoms with van der Waals surface area (Å²) in [5, 5.41) is 0. The number of carbonyl (C=O) groups excluding carboxylic acids is 1. The minimum Gasteiger partial charge on any atom is -0.298 e. The molecular weight excluding hydrogens is 269 g/mol. The second-order valence-electron chi connectivity index (χ2n) is 2.06. The SMILES string of the molecule is O=C1CCN(S(=O)(=O)I)C1. The summed E-state index contributed by atoms with van der Waals surface area (Å²) in [6.07, 6.45) is 0.363. The average Bonchev–Trinajstić information content (AvgIpc) is 2.11. The molecule has 0 aliphatic carbocycles. The van der Waals surface area contributed by atoms with Crippen molar-refractivity contribution in [2.45, 2.75) is 6.42 Å². The summed E-state index contributed by atoms with van der Waals surface area (Å²) in [5.74, 6) is 0.000223. The fraction of sp³-hybridized carbons (Fsp3) is 0.750. The molecule has 0 amide bonds. The molecule has 58 valence electrons. The van der Waals surface area contributed by atoms with E-state index in [1.807, 2.05) is 0 Å². The predicted molar refractivity (Wildman–Crippen MR) is 44.1 cm³/mol. The quantitative estimate of drug-likeness (QED) is 0.497. The van der Waals surface area contributed by atoms with E-state index in [2.05, 4.69) is 0 Å². The number of hydrogen-bond donors (Lipinski definition) is 0. The van der Waals surface area contributed by atoms with Gasteiger partial charge in [-0.15, -0.1) is 0 Å². The number of Topliss-reactive ketones (excluding diaryl/α,β-unsaturated/α-hetero) is 1. The van der Waals surface area contributed by atoms with E-state index >= 15 is 0 Å². The molecule has 0 atom stereocenters. The number of rotatable bonds is 1.